The standard InChI is InChI=1S/C16H36ClNO10P4.C5H12ClO3P.C5H12O3P.C4H9N.C3H6O3P.10CH4.Cl2.Na.H2O/c1-13(9-22-4)27-31(17,20)23-10-15(3)28-32(21,25-12-29)24-11-14(2)26-30(5,19)18-16-7-6-8-16;1-5(4-8-2)9-10(3,6)7;1-5(4-7-2)8-9(3)6;5-4-2-1-3-4;1-3-2-5-7(4)6-3;;;;;;;;;;;1-2;;/h13-16H,6-12,29H2,1-5H3,(H,18,19);5H,4H2,1-3H3;5H,4H2,1-3H3;4H,1-3,5H2;3H,2H2,1H3;10*1H4;;;1H2/q;;+1;;+1;;;;;;;;;;;;+1;/p-1/i12T;;;;;;;;;;;;;;;;;. The van der Waals surface area contributed by atoms with Crippen LogP contribution in [0.25, 0.3) is 0 Å². The molecule has 4 N–H and O–H groups in total. The van der Waals surface area contributed by atoms with Crippen molar-refractivity contribution in [3.8, 4) is 0 Å². The zero-order valence-electron chi connectivity index (χ0n) is 41.7. The summed E-state index contributed by atoms with van der Waals surface area (Å²) in [6, 6.07) is 0.725. The number of phosphoric acid groups is 1. The summed E-state index contributed by atoms with van der Waals surface area (Å²) < 4.78 is 141. The Balaban J connectivity index is -0.0000000563. The van der Waals surface area contributed by atoms with Gasteiger partial charge in [0.25, 0.3) is 14.2 Å². The zero-order chi connectivity index (χ0) is 51.7. The Hall–Kier alpha value is 3.07. The molecule has 77 heavy (non-hydrogen) atoms. The average molecular weight is 1370 g/mol. The first-order valence-electron chi connectivity index (χ1n) is 20.7. The smallest absolute Gasteiger partial charge is 0.870 e. The summed E-state index contributed by atoms with van der Waals surface area (Å²) in [4.78, 5) is 0. The van der Waals surface area contributed by atoms with E-state index in [9.17, 15) is 27.4 Å². The summed E-state index contributed by atoms with van der Waals surface area (Å²) in [6.07, 6.45) is 3.03. The predicted molar refractivity (Wildman–Crippen MR) is 331 cm³/mol. The number of halogens is 4. The van der Waals surface area contributed by atoms with E-state index in [4.69, 9.17) is 80.0 Å². The fourth-order valence-electron chi connectivity index (χ4n) is 4.50. The van der Waals surface area contributed by atoms with Crippen LogP contribution in [0, 0.1) is 0 Å². The molecule has 0 aromatic carbocycles. The Bertz CT molecular complexity index is 1500. The molecule has 2 aliphatic carbocycles. The van der Waals surface area contributed by atoms with Crippen molar-refractivity contribution in [2.24, 2.45) is 5.73 Å². The van der Waals surface area contributed by atoms with Crippen molar-refractivity contribution in [1.29, 1.82) is 0 Å². The van der Waals surface area contributed by atoms with E-state index in [1.54, 1.807) is 35.0 Å². The predicted octanol–water partition coefficient (Wildman–Crippen LogP) is 14.8. The van der Waals surface area contributed by atoms with Gasteiger partial charge in [0.1, 0.15) is 18.8 Å². The van der Waals surface area contributed by atoms with Crippen molar-refractivity contribution in [2.45, 2.75) is 203 Å². The molecular formula is C43H116Cl4N2NaO20P7+2. The van der Waals surface area contributed by atoms with Gasteiger partial charge < -0.3 is 34.5 Å². The van der Waals surface area contributed by atoms with Crippen LogP contribution in [-0.4, -0.2) is 141 Å². The van der Waals surface area contributed by atoms with Crippen LogP contribution < -0.4 is 40.4 Å². The normalized spacial score (nSPS) is 19.8. The summed E-state index contributed by atoms with van der Waals surface area (Å²) in [6.45, 7) is 8.48. The van der Waals surface area contributed by atoms with Crippen LogP contribution in [0.3, 0.4) is 0 Å². The van der Waals surface area contributed by atoms with Crippen LogP contribution in [0.5, 0.6) is 0 Å². The van der Waals surface area contributed by atoms with Crippen molar-refractivity contribution in [1.82, 2.24) is 5.09 Å². The van der Waals surface area contributed by atoms with Gasteiger partial charge in [-0.3, -0.25) is 31.7 Å². The second-order valence-corrected chi connectivity index (χ2v) is 26.7. The third-order valence-corrected chi connectivity index (χ3v) is 14.9. The van der Waals surface area contributed by atoms with E-state index in [2.05, 4.69) is 35.8 Å². The Labute approximate surface area is 519 Å². The second kappa shape index (κ2) is 68.2. The topological polar surface area (TPSA) is 290 Å². The Kier molecular flexibility index (Phi) is 102. The van der Waals surface area contributed by atoms with E-state index in [-0.39, 0.29) is 153 Å². The number of phosphoric ester groups is 1. The van der Waals surface area contributed by atoms with E-state index in [0.29, 0.717) is 25.9 Å². The van der Waals surface area contributed by atoms with Gasteiger partial charge in [-0.25, -0.2) is 14.2 Å². The van der Waals surface area contributed by atoms with Gasteiger partial charge in [-0.05, 0) is 83.0 Å². The first kappa shape index (κ1) is 115. The number of rotatable bonds is 26. The van der Waals surface area contributed by atoms with Gasteiger partial charge >= 0.3 is 60.6 Å². The first-order valence-corrected chi connectivity index (χ1v) is 33.6. The molecule has 0 aromatic rings. The summed E-state index contributed by atoms with van der Waals surface area (Å²) in [7, 11) is 4.22. The summed E-state index contributed by atoms with van der Waals surface area (Å²) in [5.41, 5.74) is 5.38. The van der Waals surface area contributed by atoms with Crippen molar-refractivity contribution in [3.05, 3.63) is 0 Å². The Morgan fingerprint density at radius 1 is 0.701 bits per heavy atom. The van der Waals surface area contributed by atoms with E-state index in [1.165, 1.54) is 53.3 Å². The molecule has 0 aromatic heterocycles. The van der Waals surface area contributed by atoms with Gasteiger partial charge in [0, 0.05) is 84.3 Å². The zero-order valence-corrected chi connectivity index (χ0v) is 52.3. The minimum absolute atomic E-state index is 0. The number of hydrogen-bond donors (Lipinski definition) is 2. The Morgan fingerprint density at radius 3 is 1.38 bits per heavy atom. The van der Waals surface area contributed by atoms with E-state index < -0.39 is 69.9 Å². The maximum absolute atomic E-state index is 13.0. The maximum Gasteiger partial charge on any atom is 1.00 e. The number of methoxy groups -OCH3 is 3. The number of hydrogen-bond acceptors (Lipinski definition) is 21. The first-order chi connectivity index (χ1) is 30.5. The molecule has 0 amide bonds. The molecule has 1 heterocycles. The molecule has 22 nitrogen and oxygen atoms in total. The monoisotopic (exact) mass is 1360 g/mol. The summed E-state index contributed by atoms with van der Waals surface area (Å²) in [5.74, 6) is 0. The molecule has 0 bridgehead atoms. The summed E-state index contributed by atoms with van der Waals surface area (Å²) >= 11 is 11.1. The van der Waals surface area contributed by atoms with Crippen molar-refractivity contribution in [3.63, 3.8) is 0 Å². The molecule has 480 valence electrons. The fourth-order valence-corrected chi connectivity index (χ4v) is 11.8. The molecule has 3 rings (SSSR count). The van der Waals surface area contributed by atoms with E-state index in [1.807, 2.05) is 23.1 Å². The van der Waals surface area contributed by atoms with Crippen LogP contribution in [0.2, 0.25) is 0 Å². The van der Waals surface area contributed by atoms with Crippen molar-refractivity contribution >= 4 is 98.7 Å². The third kappa shape index (κ3) is 77.1. The molecule has 1 aliphatic heterocycles. The molecule has 3 fully saturated rings. The molecule has 2 saturated carbocycles. The summed E-state index contributed by atoms with van der Waals surface area (Å²) in [5, 5.41) is 2.97. The molecule has 1 saturated heterocycles. The molecule has 14 unspecified atom stereocenters. The molecule has 0 spiro atoms. The largest absolute Gasteiger partial charge is 1.00 e. The SMILES string of the molecule is C.C.C.C.C.C.C.C.C.C.CC1CO[P+](=O)O1.COCC(C)OP(C)(=O)Cl.COCC(C)O[P+](C)=O.ClCl.NC1CCC1.[3H]C(P)OP(=O)(OCC(C)OP(C)(=O)NC1CCC1)OC(C)COP(=O)(Cl)OC(C)COC.[Na+].[OH-]. The van der Waals surface area contributed by atoms with Gasteiger partial charge in [-0.1, -0.05) is 87.1 Å². The van der Waals surface area contributed by atoms with Crippen LogP contribution in [-0.2, 0) is 86.8 Å². The fraction of sp³-hybridized carbons (Fsp3) is 1.00. The Morgan fingerprint density at radius 2 is 1.08 bits per heavy atom. The molecule has 0 radical (unpaired) electrons. The van der Waals surface area contributed by atoms with Gasteiger partial charge in [0.05, 0.1) is 65.1 Å². The number of nitrogens with one attached hydrogen (secondary N) is 1. The third-order valence-electron chi connectivity index (χ3n) is 7.37. The minimum atomic E-state index is -4.27. The second-order valence-electron chi connectivity index (χ2n) is 14.6. The van der Waals surface area contributed by atoms with Gasteiger partial charge in [-0.2, -0.15) is 0 Å². The molecule has 14 atom stereocenters. The van der Waals surface area contributed by atoms with Crippen molar-refractivity contribution < 1.29 is 123 Å². The van der Waals surface area contributed by atoms with Crippen LogP contribution in [0.4, 0.5) is 0 Å². The average Bonchev–Trinajstić information content (AvgIpc) is 3.53. The van der Waals surface area contributed by atoms with Crippen molar-refractivity contribution in [2.75, 3.05) is 87.3 Å². The molecule has 3 aliphatic rings. The van der Waals surface area contributed by atoms with Crippen LogP contribution >= 0.6 is 98.7 Å². The van der Waals surface area contributed by atoms with Gasteiger partial charge in [0.2, 0.25) is 0 Å². The van der Waals surface area contributed by atoms with E-state index >= 15 is 0 Å². The molecule has 34 heteroatoms. The molecular weight excluding hydrogens is 1250 g/mol. The number of ether oxygens (including phenoxy) is 3. The maximum atomic E-state index is 13.0. The van der Waals surface area contributed by atoms with Crippen LogP contribution in [0.1, 0.15) is 156 Å². The minimum Gasteiger partial charge on any atom is -0.870 e. The van der Waals surface area contributed by atoms with Crippen LogP contribution in [0.15, 0.2) is 0 Å². The quantitative estimate of drug-likeness (QED) is 0.0601. The number of nitrogens with two attached hydrogens (primary N) is 1. The van der Waals surface area contributed by atoms with Gasteiger partial charge in [0.15, 0.2) is 6.66 Å². The van der Waals surface area contributed by atoms with Gasteiger partial charge in [-0.15, -0.1) is 22.8 Å². The van der Waals surface area contributed by atoms with E-state index in [0.717, 1.165) is 19.3 Å².